The number of ether oxygens (including phenoxy) is 1. The maximum atomic E-state index is 5.75. The molecule has 0 amide bonds. The molecule has 1 fully saturated rings. The Bertz CT molecular complexity index is 322. The molecule has 0 aromatic carbocycles. The van der Waals surface area contributed by atoms with Crippen molar-refractivity contribution in [3.63, 3.8) is 0 Å². The molecule has 0 aromatic rings. The van der Waals surface area contributed by atoms with Crippen LogP contribution in [-0.4, -0.2) is 32.7 Å². The van der Waals surface area contributed by atoms with Gasteiger partial charge in [-0.2, -0.15) is 0 Å². The molecule has 1 saturated heterocycles. The fraction of sp³-hybridized carbons (Fsp3) is 0.733. The quantitative estimate of drug-likeness (QED) is 0.665. The molecule has 2 heterocycles. The Morgan fingerprint density at radius 1 is 1.06 bits per heavy atom. The maximum Gasteiger partial charge on any atom is 0.189 e. The molecule has 18 heavy (non-hydrogen) atoms. The Kier molecular flexibility index (Phi) is 4.92. The van der Waals surface area contributed by atoms with Gasteiger partial charge in [-0.15, -0.1) is 0 Å². The van der Waals surface area contributed by atoms with Gasteiger partial charge in [0.2, 0.25) is 0 Å². The highest BCUT2D eigenvalue weighted by Crippen LogP contribution is 2.24. The zero-order chi connectivity index (χ0) is 12.8. The van der Waals surface area contributed by atoms with Crippen LogP contribution in [-0.2, 0) is 4.74 Å². The zero-order valence-corrected chi connectivity index (χ0v) is 13.0. The molecule has 0 bridgehead atoms. The van der Waals surface area contributed by atoms with E-state index in [1.54, 1.807) is 0 Å². The molecule has 3 heteroatoms. The van der Waals surface area contributed by atoms with Crippen LogP contribution in [0, 0.1) is 0 Å². The largest absolute Gasteiger partial charge is 0.475 e. The Morgan fingerprint density at radius 2 is 1.83 bits per heavy atom. The van der Waals surface area contributed by atoms with Gasteiger partial charge in [-0.3, -0.25) is 0 Å². The average Bonchev–Trinajstić information content (AvgIpc) is 2.37. The van der Waals surface area contributed by atoms with Crippen molar-refractivity contribution in [2.45, 2.75) is 50.9 Å². The van der Waals surface area contributed by atoms with Crippen molar-refractivity contribution in [3.05, 3.63) is 24.1 Å². The number of allylic oxidation sites excluding steroid dienone is 2. The highest BCUT2D eigenvalue weighted by molar-refractivity contribution is 6.77. The SMILES string of the molecule is C[Si]1(C)CCCCCN(C2=CC=CCO2)CCC1. The van der Waals surface area contributed by atoms with Gasteiger partial charge in [-0.1, -0.05) is 44.1 Å². The monoisotopic (exact) mass is 265 g/mol. The van der Waals surface area contributed by atoms with E-state index in [4.69, 9.17) is 4.74 Å². The highest BCUT2D eigenvalue weighted by atomic mass is 28.3. The molecule has 0 aromatic heterocycles. The van der Waals surface area contributed by atoms with Gasteiger partial charge in [0, 0.05) is 21.2 Å². The summed E-state index contributed by atoms with van der Waals surface area (Å²) in [4.78, 5) is 2.46. The topological polar surface area (TPSA) is 12.5 Å². The van der Waals surface area contributed by atoms with Crippen LogP contribution in [0.1, 0.15) is 25.7 Å². The molecule has 102 valence electrons. The van der Waals surface area contributed by atoms with Crippen molar-refractivity contribution < 1.29 is 4.74 Å². The highest BCUT2D eigenvalue weighted by Gasteiger charge is 2.22. The summed E-state index contributed by atoms with van der Waals surface area (Å²) in [6.45, 7) is 8.19. The van der Waals surface area contributed by atoms with Gasteiger partial charge in [-0.05, 0) is 25.0 Å². The molecule has 0 spiro atoms. The molecule has 0 atom stereocenters. The van der Waals surface area contributed by atoms with E-state index in [2.05, 4.69) is 36.2 Å². The molecule has 2 nitrogen and oxygen atoms in total. The molecule has 2 aliphatic heterocycles. The predicted octanol–water partition coefficient (Wildman–Crippen LogP) is 4.00. The fourth-order valence-electron chi connectivity index (χ4n) is 2.87. The number of rotatable bonds is 1. The third kappa shape index (κ3) is 4.20. The first kappa shape index (κ1) is 13.7. The summed E-state index contributed by atoms with van der Waals surface area (Å²) in [5.74, 6) is 1.09. The number of nitrogens with zero attached hydrogens (tertiary/aromatic N) is 1. The van der Waals surface area contributed by atoms with Gasteiger partial charge in [-0.25, -0.2) is 0 Å². The second-order valence-corrected chi connectivity index (χ2v) is 11.6. The summed E-state index contributed by atoms with van der Waals surface area (Å²) in [5, 5.41) is 0. The second kappa shape index (κ2) is 6.46. The normalized spacial score (nSPS) is 25.2. The summed E-state index contributed by atoms with van der Waals surface area (Å²) in [7, 11) is -0.908. The van der Waals surface area contributed by atoms with Crippen LogP contribution in [0.5, 0.6) is 0 Å². The summed E-state index contributed by atoms with van der Waals surface area (Å²) in [6.07, 6.45) is 11.8. The molecule has 0 radical (unpaired) electrons. The lowest BCUT2D eigenvalue weighted by molar-refractivity contribution is 0.125. The molecular weight excluding hydrogens is 238 g/mol. The number of hydrogen-bond acceptors (Lipinski definition) is 2. The third-order valence-corrected chi connectivity index (χ3v) is 7.49. The zero-order valence-electron chi connectivity index (χ0n) is 12.0. The summed E-state index contributed by atoms with van der Waals surface area (Å²) in [6, 6.07) is 2.99. The minimum Gasteiger partial charge on any atom is -0.475 e. The van der Waals surface area contributed by atoms with Gasteiger partial charge >= 0.3 is 0 Å². The molecule has 2 rings (SSSR count). The van der Waals surface area contributed by atoms with Gasteiger partial charge in [0.25, 0.3) is 0 Å². The molecule has 0 N–H and O–H groups in total. The van der Waals surface area contributed by atoms with Crippen molar-refractivity contribution in [2.75, 3.05) is 19.7 Å². The van der Waals surface area contributed by atoms with Gasteiger partial charge in [0.1, 0.15) is 6.61 Å². The summed E-state index contributed by atoms with van der Waals surface area (Å²) < 4.78 is 5.75. The van der Waals surface area contributed by atoms with Crippen LogP contribution >= 0.6 is 0 Å². The Morgan fingerprint density at radius 3 is 2.61 bits per heavy atom. The smallest absolute Gasteiger partial charge is 0.189 e. The lowest BCUT2D eigenvalue weighted by Gasteiger charge is -2.31. The molecule has 0 saturated carbocycles. The van der Waals surface area contributed by atoms with Gasteiger partial charge < -0.3 is 9.64 Å². The standard InChI is InChI=1S/C15H27NOSi/c1-18(2)13-7-3-5-10-16(11-8-14-18)15-9-4-6-12-17-15/h4,6,9H,3,5,7-8,10-14H2,1-2H3. The van der Waals surface area contributed by atoms with Crippen molar-refractivity contribution in [1.29, 1.82) is 0 Å². The minimum absolute atomic E-state index is 0.739. The van der Waals surface area contributed by atoms with E-state index in [0.29, 0.717) is 0 Å². The first-order valence-corrected chi connectivity index (χ1v) is 10.8. The van der Waals surface area contributed by atoms with Gasteiger partial charge in [0.15, 0.2) is 5.88 Å². The minimum atomic E-state index is -0.908. The first-order chi connectivity index (χ1) is 8.67. The Balaban J connectivity index is 1.94. The van der Waals surface area contributed by atoms with E-state index in [9.17, 15) is 0 Å². The van der Waals surface area contributed by atoms with Crippen LogP contribution in [0.2, 0.25) is 25.2 Å². The fourth-order valence-corrected chi connectivity index (χ4v) is 5.45. The van der Waals surface area contributed by atoms with Crippen molar-refractivity contribution >= 4 is 8.07 Å². The van der Waals surface area contributed by atoms with Crippen LogP contribution in [0.25, 0.3) is 0 Å². The van der Waals surface area contributed by atoms with E-state index in [1.165, 1.54) is 50.9 Å². The maximum absolute atomic E-state index is 5.75. The first-order valence-electron chi connectivity index (χ1n) is 7.42. The van der Waals surface area contributed by atoms with Gasteiger partial charge in [0.05, 0.1) is 0 Å². The van der Waals surface area contributed by atoms with Crippen LogP contribution in [0.4, 0.5) is 0 Å². The van der Waals surface area contributed by atoms with Crippen LogP contribution < -0.4 is 0 Å². The van der Waals surface area contributed by atoms with E-state index < -0.39 is 8.07 Å². The van der Waals surface area contributed by atoms with E-state index in [0.717, 1.165) is 12.5 Å². The molecule has 0 aliphatic carbocycles. The lowest BCUT2D eigenvalue weighted by Crippen LogP contribution is -2.32. The Labute approximate surface area is 113 Å². The predicted molar refractivity (Wildman–Crippen MR) is 80.3 cm³/mol. The summed E-state index contributed by atoms with van der Waals surface area (Å²) >= 11 is 0. The van der Waals surface area contributed by atoms with E-state index in [-0.39, 0.29) is 0 Å². The second-order valence-electron chi connectivity index (χ2n) is 6.31. The lowest BCUT2D eigenvalue weighted by atomic mass is 10.2. The third-order valence-electron chi connectivity index (χ3n) is 4.08. The molecular formula is C15H27NOSi. The molecule has 2 aliphatic rings. The molecule has 0 unspecified atom stereocenters. The average molecular weight is 265 g/mol. The van der Waals surface area contributed by atoms with E-state index >= 15 is 0 Å². The van der Waals surface area contributed by atoms with Crippen molar-refractivity contribution in [3.8, 4) is 0 Å². The summed E-state index contributed by atoms with van der Waals surface area (Å²) in [5.41, 5.74) is 0. The van der Waals surface area contributed by atoms with Crippen molar-refractivity contribution in [2.24, 2.45) is 0 Å². The number of hydrogen-bond donors (Lipinski definition) is 0. The van der Waals surface area contributed by atoms with Crippen LogP contribution in [0.15, 0.2) is 24.1 Å². The Hall–Kier alpha value is -0.703. The van der Waals surface area contributed by atoms with Crippen molar-refractivity contribution in [1.82, 2.24) is 4.90 Å². The van der Waals surface area contributed by atoms with E-state index in [1.807, 2.05) is 0 Å². The van der Waals surface area contributed by atoms with Crippen LogP contribution in [0.3, 0.4) is 0 Å².